The van der Waals surface area contributed by atoms with E-state index in [2.05, 4.69) is 5.10 Å². The minimum atomic E-state index is -0.539. The van der Waals surface area contributed by atoms with Crippen molar-refractivity contribution in [3.05, 3.63) is 35.1 Å². The molecule has 0 radical (unpaired) electrons. The van der Waals surface area contributed by atoms with Gasteiger partial charge in [-0.3, -0.25) is 0 Å². The normalized spacial score (nSPS) is 25.1. The average molecular weight is 283 g/mol. The predicted octanol–water partition coefficient (Wildman–Crippen LogP) is 1.48. The Labute approximate surface area is 114 Å². The Hall–Kier alpha value is -1.63. The summed E-state index contributed by atoms with van der Waals surface area (Å²) in [6.07, 6.45) is 6.66. The number of esters is 1. The molecule has 0 aromatic carbocycles. The first kappa shape index (κ1) is 12.4. The third-order valence-electron chi connectivity index (χ3n) is 2.98. The molecule has 3 rings (SSSR count). The van der Waals surface area contributed by atoms with Crippen LogP contribution in [-0.4, -0.2) is 41.9 Å². The highest BCUT2D eigenvalue weighted by molar-refractivity contribution is 6.33. The van der Waals surface area contributed by atoms with E-state index >= 15 is 0 Å². The standard InChI is InChI=1S/C12H11ClN2O4/c1-17-12(16)11-8(13)5-14-15(11)7-2-3-9-10(4-7)19-6-18-9/h2-5,9-10H,6H2,1H3. The molecule has 1 fully saturated rings. The zero-order chi connectivity index (χ0) is 13.4. The van der Waals surface area contributed by atoms with E-state index < -0.39 is 5.97 Å². The smallest absolute Gasteiger partial charge is 0.358 e. The Balaban J connectivity index is 1.99. The lowest BCUT2D eigenvalue weighted by atomic mass is 10.1. The molecule has 2 unspecified atom stereocenters. The predicted molar refractivity (Wildman–Crippen MR) is 66.6 cm³/mol. The van der Waals surface area contributed by atoms with Gasteiger partial charge in [0.05, 0.1) is 24.0 Å². The van der Waals surface area contributed by atoms with Gasteiger partial charge in [-0.2, -0.15) is 5.10 Å². The number of rotatable bonds is 2. The van der Waals surface area contributed by atoms with Crippen LogP contribution in [0, 0.1) is 0 Å². The summed E-state index contributed by atoms with van der Waals surface area (Å²) in [6, 6.07) is 0. The van der Waals surface area contributed by atoms with Gasteiger partial charge in [0.25, 0.3) is 0 Å². The van der Waals surface area contributed by atoms with E-state index in [1.54, 1.807) is 0 Å². The second-order valence-electron chi connectivity index (χ2n) is 4.08. The van der Waals surface area contributed by atoms with Crippen molar-refractivity contribution in [3.63, 3.8) is 0 Å². The van der Waals surface area contributed by atoms with Crippen molar-refractivity contribution in [2.24, 2.45) is 0 Å². The van der Waals surface area contributed by atoms with Crippen LogP contribution < -0.4 is 0 Å². The Morgan fingerprint density at radius 2 is 2.32 bits per heavy atom. The van der Waals surface area contributed by atoms with Crippen molar-refractivity contribution in [1.82, 2.24) is 9.78 Å². The molecule has 1 aromatic rings. The second-order valence-corrected chi connectivity index (χ2v) is 4.48. The number of aromatic nitrogens is 2. The van der Waals surface area contributed by atoms with Gasteiger partial charge in [0.1, 0.15) is 19.0 Å². The second kappa shape index (κ2) is 4.80. The lowest BCUT2D eigenvalue weighted by molar-refractivity contribution is 0.0503. The summed E-state index contributed by atoms with van der Waals surface area (Å²) in [4.78, 5) is 11.7. The maximum Gasteiger partial charge on any atom is 0.358 e. The summed E-state index contributed by atoms with van der Waals surface area (Å²) in [5.41, 5.74) is 0.886. The summed E-state index contributed by atoms with van der Waals surface area (Å²) in [5.74, 6) is -0.539. The quantitative estimate of drug-likeness (QED) is 0.769. The van der Waals surface area contributed by atoms with Crippen LogP contribution in [0.5, 0.6) is 0 Å². The molecular formula is C12H11ClN2O4. The highest BCUT2D eigenvalue weighted by Crippen LogP contribution is 2.27. The molecule has 0 amide bonds. The number of carbonyl (C=O) groups is 1. The van der Waals surface area contributed by atoms with E-state index in [0.29, 0.717) is 5.70 Å². The third kappa shape index (κ3) is 2.07. The fourth-order valence-corrected chi connectivity index (χ4v) is 2.26. The molecule has 0 spiro atoms. The number of nitrogens with zero attached hydrogens (tertiary/aromatic N) is 2. The summed E-state index contributed by atoms with van der Waals surface area (Å²) in [5, 5.41) is 4.33. The molecule has 19 heavy (non-hydrogen) atoms. The number of hydrogen-bond acceptors (Lipinski definition) is 5. The molecule has 1 aliphatic carbocycles. The Morgan fingerprint density at radius 3 is 3.11 bits per heavy atom. The van der Waals surface area contributed by atoms with Gasteiger partial charge in [-0.1, -0.05) is 17.7 Å². The molecule has 0 saturated carbocycles. The van der Waals surface area contributed by atoms with Gasteiger partial charge in [0, 0.05) is 0 Å². The van der Waals surface area contributed by atoms with E-state index in [-0.39, 0.29) is 29.7 Å². The van der Waals surface area contributed by atoms with Crippen LogP contribution >= 0.6 is 11.6 Å². The van der Waals surface area contributed by atoms with Crippen LogP contribution in [0.1, 0.15) is 10.5 Å². The van der Waals surface area contributed by atoms with Gasteiger partial charge < -0.3 is 14.2 Å². The maximum absolute atomic E-state index is 11.7. The first-order chi connectivity index (χ1) is 9.20. The number of allylic oxidation sites excluding steroid dienone is 2. The van der Waals surface area contributed by atoms with Crippen molar-refractivity contribution in [1.29, 1.82) is 0 Å². The molecule has 100 valence electrons. The molecule has 0 N–H and O–H groups in total. The van der Waals surface area contributed by atoms with Gasteiger partial charge in [-0.05, 0) is 12.2 Å². The van der Waals surface area contributed by atoms with Crippen molar-refractivity contribution in [2.75, 3.05) is 13.9 Å². The zero-order valence-electron chi connectivity index (χ0n) is 10.1. The highest BCUT2D eigenvalue weighted by atomic mass is 35.5. The Bertz CT molecular complexity index is 578. The largest absolute Gasteiger partial charge is 0.464 e. The molecule has 2 atom stereocenters. The van der Waals surface area contributed by atoms with Crippen LogP contribution in [0.2, 0.25) is 5.02 Å². The van der Waals surface area contributed by atoms with E-state index in [4.69, 9.17) is 25.8 Å². The maximum atomic E-state index is 11.7. The van der Waals surface area contributed by atoms with Crippen molar-refractivity contribution < 1.29 is 19.0 Å². The Kier molecular flexibility index (Phi) is 3.14. The number of fused-ring (bicyclic) bond motifs is 1. The van der Waals surface area contributed by atoms with Gasteiger partial charge >= 0.3 is 5.97 Å². The molecular weight excluding hydrogens is 272 g/mol. The van der Waals surface area contributed by atoms with Crippen molar-refractivity contribution in [2.45, 2.75) is 12.2 Å². The van der Waals surface area contributed by atoms with Gasteiger partial charge in [0.15, 0.2) is 5.69 Å². The third-order valence-corrected chi connectivity index (χ3v) is 3.26. The average Bonchev–Trinajstić information content (AvgIpc) is 3.03. The Morgan fingerprint density at radius 1 is 1.53 bits per heavy atom. The van der Waals surface area contributed by atoms with Crippen LogP contribution in [0.15, 0.2) is 24.4 Å². The number of hydrogen-bond donors (Lipinski definition) is 0. The number of methoxy groups -OCH3 is 1. The summed E-state index contributed by atoms with van der Waals surface area (Å²) in [6.45, 7) is 0.257. The molecule has 1 aliphatic heterocycles. The van der Waals surface area contributed by atoms with Crippen LogP contribution in [-0.2, 0) is 14.2 Å². The molecule has 2 aliphatic rings. The number of carbonyl (C=O) groups excluding carboxylic acids is 1. The molecule has 2 heterocycles. The summed E-state index contributed by atoms with van der Waals surface area (Å²) < 4.78 is 16.9. The molecule has 1 saturated heterocycles. The summed E-state index contributed by atoms with van der Waals surface area (Å²) in [7, 11) is 1.30. The number of ether oxygens (including phenoxy) is 3. The van der Waals surface area contributed by atoms with Gasteiger partial charge in [-0.25, -0.2) is 9.48 Å². The summed E-state index contributed by atoms with van der Waals surface area (Å²) >= 11 is 5.96. The van der Waals surface area contributed by atoms with Crippen LogP contribution in [0.4, 0.5) is 0 Å². The first-order valence-electron chi connectivity index (χ1n) is 5.66. The molecule has 6 nitrogen and oxygen atoms in total. The topological polar surface area (TPSA) is 62.6 Å². The minimum Gasteiger partial charge on any atom is -0.464 e. The lowest BCUT2D eigenvalue weighted by Gasteiger charge is -2.17. The molecule has 0 bridgehead atoms. The van der Waals surface area contributed by atoms with Crippen molar-refractivity contribution >= 4 is 23.3 Å². The van der Waals surface area contributed by atoms with E-state index in [0.717, 1.165) is 0 Å². The SMILES string of the molecule is COC(=O)c1c(Cl)cnn1C1=CC2OCOC2C=C1. The van der Waals surface area contributed by atoms with Gasteiger partial charge in [0.2, 0.25) is 0 Å². The monoisotopic (exact) mass is 282 g/mol. The van der Waals surface area contributed by atoms with E-state index in [1.165, 1.54) is 18.0 Å². The molecule has 1 aromatic heterocycles. The van der Waals surface area contributed by atoms with Gasteiger partial charge in [-0.15, -0.1) is 0 Å². The molecule has 7 heteroatoms. The minimum absolute atomic E-state index is 0.0867. The van der Waals surface area contributed by atoms with Crippen LogP contribution in [0.25, 0.3) is 5.70 Å². The van der Waals surface area contributed by atoms with E-state index in [9.17, 15) is 4.79 Å². The van der Waals surface area contributed by atoms with Crippen LogP contribution in [0.3, 0.4) is 0 Å². The first-order valence-corrected chi connectivity index (χ1v) is 6.04. The fourth-order valence-electron chi connectivity index (χ4n) is 2.06. The fraction of sp³-hybridized carbons (Fsp3) is 0.333. The van der Waals surface area contributed by atoms with Crippen molar-refractivity contribution in [3.8, 4) is 0 Å². The zero-order valence-corrected chi connectivity index (χ0v) is 10.8. The van der Waals surface area contributed by atoms with E-state index in [1.807, 2.05) is 18.2 Å². The highest BCUT2D eigenvalue weighted by Gasteiger charge is 2.30. The lowest BCUT2D eigenvalue weighted by Crippen LogP contribution is -2.23. The number of halogens is 1.